The lowest BCUT2D eigenvalue weighted by Gasteiger charge is -2.09. The average molecular weight is 294 g/mol. The van der Waals surface area contributed by atoms with Crippen LogP contribution in [-0.2, 0) is 0 Å². The summed E-state index contributed by atoms with van der Waals surface area (Å²) in [5.41, 5.74) is 2.30. The van der Waals surface area contributed by atoms with Crippen molar-refractivity contribution in [2.75, 3.05) is 13.2 Å². The Hall–Kier alpha value is -2.22. The Morgan fingerprint density at radius 3 is 1.59 bits per heavy atom. The third kappa shape index (κ3) is 4.39. The first kappa shape index (κ1) is 14.7. The molecule has 3 rings (SSSR count). The molecule has 1 aliphatic rings. The van der Waals surface area contributed by atoms with E-state index in [4.69, 9.17) is 9.47 Å². The first-order chi connectivity index (χ1) is 10.9. The van der Waals surface area contributed by atoms with Crippen molar-refractivity contribution in [1.29, 1.82) is 0 Å². The van der Waals surface area contributed by atoms with Crippen LogP contribution in [0.2, 0.25) is 0 Å². The lowest BCUT2D eigenvalue weighted by molar-refractivity contribution is 0.287. The van der Waals surface area contributed by atoms with Crippen LogP contribution in [0.1, 0.15) is 36.8 Å². The van der Waals surface area contributed by atoms with Gasteiger partial charge in [0, 0.05) is 0 Å². The van der Waals surface area contributed by atoms with E-state index >= 15 is 0 Å². The summed E-state index contributed by atoms with van der Waals surface area (Å²) >= 11 is 0. The molecule has 22 heavy (non-hydrogen) atoms. The second-order valence-corrected chi connectivity index (χ2v) is 5.59. The summed E-state index contributed by atoms with van der Waals surface area (Å²) in [5, 5.41) is 0. The van der Waals surface area contributed by atoms with Crippen molar-refractivity contribution in [3.05, 3.63) is 59.7 Å². The SMILES string of the molecule is C1=C\c2cccc(c2)OCCCCCCOc2cccc/1c2. The van der Waals surface area contributed by atoms with Gasteiger partial charge in [0.25, 0.3) is 0 Å². The maximum atomic E-state index is 5.83. The highest BCUT2D eigenvalue weighted by molar-refractivity contribution is 5.70. The standard InChI is InChI=1S/C20H22O2/c1-2-4-14-22-20-10-6-8-18(16-20)12-11-17-7-5-9-19(15-17)21-13-3-1/h5-12,15-16H,1-4,13-14H2/b12-11-. The van der Waals surface area contributed by atoms with Gasteiger partial charge >= 0.3 is 0 Å². The summed E-state index contributed by atoms with van der Waals surface area (Å²) in [4.78, 5) is 0. The predicted molar refractivity (Wildman–Crippen MR) is 91.3 cm³/mol. The number of ether oxygens (including phenoxy) is 2. The van der Waals surface area contributed by atoms with Gasteiger partial charge in [-0.1, -0.05) is 36.4 Å². The zero-order chi connectivity index (χ0) is 15.0. The van der Waals surface area contributed by atoms with Crippen LogP contribution >= 0.6 is 0 Å². The highest BCUT2D eigenvalue weighted by atomic mass is 16.5. The van der Waals surface area contributed by atoms with Gasteiger partial charge in [0.2, 0.25) is 0 Å². The number of hydrogen-bond acceptors (Lipinski definition) is 2. The van der Waals surface area contributed by atoms with E-state index in [9.17, 15) is 0 Å². The van der Waals surface area contributed by atoms with Gasteiger partial charge in [-0.15, -0.1) is 0 Å². The number of rotatable bonds is 0. The van der Waals surface area contributed by atoms with E-state index in [1.807, 2.05) is 24.3 Å². The lowest BCUT2D eigenvalue weighted by atomic mass is 10.1. The van der Waals surface area contributed by atoms with E-state index in [1.54, 1.807) is 0 Å². The van der Waals surface area contributed by atoms with Crippen LogP contribution in [0.25, 0.3) is 12.2 Å². The summed E-state index contributed by atoms with van der Waals surface area (Å²) in [5.74, 6) is 1.90. The Bertz CT molecular complexity index is 576. The van der Waals surface area contributed by atoms with Crippen LogP contribution in [0.15, 0.2) is 48.5 Å². The summed E-state index contributed by atoms with van der Waals surface area (Å²) in [6.45, 7) is 1.57. The van der Waals surface area contributed by atoms with Gasteiger partial charge in [-0.25, -0.2) is 0 Å². The molecule has 0 aromatic heterocycles. The zero-order valence-corrected chi connectivity index (χ0v) is 12.8. The van der Waals surface area contributed by atoms with E-state index in [0.717, 1.165) is 48.7 Å². The molecule has 1 aliphatic heterocycles. The van der Waals surface area contributed by atoms with Crippen molar-refractivity contribution in [3.63, 3.8) is 0 Å². The van der Waals surface area contributed by atoms with Crippen molar-refractivity contribution in [2.24, 2.45) is 0 Å². The van der Waals surface area contributed by atoms with Crippen molar-refractivity contribution in [3.8, 4) is 11.5 Å². The highest BCUT2D eigenvalue weighted by Crippen LogP contribution is 2.19. The van der Waals surface area contributed by atoms with Gasteiger partial charge in [0.05, 0.1) is 13.2 Å². The van der Waals surface area contributed by atoms with Gasteiger partial charge in [-0.05, 0) is 61.1 Å². The number of benzene rings is 2. The maximum absolute atomic E-state index is 5.83. The Morgan fingerprint density at radius 2 is 1.09 bits per heavy atom. The van der Waals surface area contributed by atoms with Gasteiger partial charge in [0.15, 0.2) is 0 Å². The molecule has 0 radical (unpaired) electrons. The monoisotopic (exact) mass is 294 g/mol. The molecule has 2 heteroatoms. The molecule has 0 atom stereocenters. The normalized spacial score (nSPS) is 17.1. The Balaban J connectivity index is 1.82. The van der Waals surface area contributed by atoms with Crippen LogP contribution in [0, 0.1) is 0 Å². The topological polar surface area (TPSA) is 18.5 Å². The molecule has 0 saturated heterocycles. The van der Waals surface area contributed by atoms with Crippen LogP contribution in [0.4, 0.5) is 0 Å². The summed E-state index contributed by atoms with van der Waals surface area (Å²) in [6, 6.07) is 16.5. The fourth-order valence-electron chi connectivity index (χ4n) is 2.55. The molecule has 0 saturated carbocycles. The second kappa shape index (κ2) is 7.69. The summed E-state index contributed by atoms with van der Waals surface area (Å²) < 4.78 is 11.7. The molecule has 1 heterocycles. The molecule has 0 spiro atoms. The van der Waals surface area contributed by atoms with Gasteiger partial charge in [-0.2, -0.15) is 0 Å². The first-order valence-corrected chi connectivity index (χ1v) is 8.04. The Labute approximate surface area is 132 Å². The van der Waals surface area contributed by atoms with E-state index < -0.39 is 0 Å². The largest absolute Gasteiger partial charge is 0.494 e. The number of fused-ring (bicyclic) bond motifs is 4. The Morgan fingerprint density at radius 1 is 0.591 bits per heavy atom. The molecule has 2 aromatic rings. The van der Waals surface area contributed by atoms with Crippen LogP contribution < -0.4 is 9.47 Å². The van der Waals surface area contributed by atoms with Crippen LogP contribution in [-0.4, -0.2) is 13.2 Å². The second-order valence-electron chi connectivity index (χ2n) is 5.59. The molecule has 4 bridgehead atoms. The van der Waals surface area contributed by atoms with E-state index in [1.165, 1.54) is 12.8 Å². The summed E-state index contributed by atoms with van der Waals surface area (Å²) in [6.07, 6.45) is 8.77. The van der Waals surface area contributed by atoms with Crippen LogP contribution in [0.3, 0.4) is 0 Å². The molecule has 0 amide bonds. The predicted octanol–water partition coefficient (Wildman–Crippen LogP) is 5.19. The summed E-state index contributed by atoms with van der Waals surface area (Å²) in [7, 11) is 0. The average Bonchev–Trinajstić information content (AvgIpc) is 2.55. The zero-order valence-electron chi connectivity index (χ0n) is 12.8. The molecule has 2 nitrogen and oxygen atoms in total. The van der Waals surface area contributed by atoms with Gasteiger partial charge in [-0.3, -0.25) is 0 Å². The fraction of sp³-hybridized carbons (Fsp3) is 0.300. The lowest BCUT2D eigenvalue weighted by Crippen LogP contribution is -2.00. The molecular weight excluding hydrogens is 272 g/mol. The molecule has 2 aromatic carbocycles. The molecule has 0 N–H and O–H groups in total. The molecule has 0 unspecified atom stereocenters. The Kier molecular flexibility index (Phi) is 5.14. The van der Waals surface area contributed by atoms with Crippen molar-refractivity contribution >= 4 is 12.2 Å². The minimum absolute atomic E-state index is 0.785. The molecular formula is C20H22O2. The maximum Gasteiger partial charge on any atom is 0.119 e. The molecule has 0 aliphatic carbocycles. The van der Waals surface area contributed by atoms with Crippen molar-refractivity contribution in [2.45, 2.75) is 25.7 Å². The molecule has 114 valence electrons. The van der Waals surface area contributed by atoms with Crippen LogP contribution in [0.5, 0.6) is 11.5 Å². The quantitative estimate of drug-likeness (QED) is 0.666. The third-order valence-electron chi connectivity index (χ3n) is 3.76. The third-order valence-corrected chi connectivity index (χ3v) is 3.76. The minimum Gasteiger partial charge on any atom is -0.494 e. The van der Waals surface area contributed by atoms with Gasteiger partial charge in [0.1, 0.15) is 11.5 Å². The van der Waals surface area contributed by atoms with Gasteiger partial charge < -0.3 is 9.47 Å². The fourth-order valence-corrected chi connectivity index (χ4v) is 2.55. The molecule has 0 fully saturated rings. The minimum atomic E-state index is 0.785. The number of hydrogen-bond donors (Lipinski definition) is 0. The van der Waals surface area contributed by atoms with Crippen molar-refractivity contribution < 1.29 is 9.47 Å². The highest BCUT2D eigenvalue weighted by Gasteiger charge is 1.99. The van der Waals surface area contributed by atoms with E-state index in [-0.39, 0.29) is 0 Å². The first-order valence-electron chi connectivity index (χ1n) is 8.04. The van der Waals surface area contributed by atoms with Crippen molar-refractivity contribution in [1.82, 2.24) is 0 Å². The smallest absolute Gasteiger partial charge is 0.119 e. The van der Waals surface area contributed by atoms with E-state index in [2.05, 4.69) is 36.4 Å². The van der Waals surface area contributed by atoms with E-state index in [0.29, 0.717) is 0 Å².